The predicted molar refractivity (Wildman–Crippen MR) is 126 cm³/mol. The fraction of sp³-hybridized carbons (Fsp3) is 0.852. The third-order valence-corrected chi connectivity index (χ3v) is 9.20. The van der Waals surface area contributed by atoms with Gasteiger partial charge in [-0.3, -0.25) is 0 Å². The largest absolute Gasteiger partial charge is 0.495 e. The van der Waals surface area contributed by atoms with Crippen LogP contribution in [0.3, 0.4) is 0 Å². The highest BCUT2D eigenvalue weighted by Gasteiger charge is 2.59. The van der Waals surface area contributed by atoms with E-state index in [1.54, 1.807) is 5.57 Å². The number of hydrogen-bond acceptors (Lipinski definition) is 3. The van der Waals surface area contributed by atoms with E-state index < -0.39 is 0 Å². The van der Waals surface area contributed by atoms with E-state index in [-0.39, 0.29) is 7.43 Å². The summed E-state index contributed by atoms with van der Waals surface area (Å²) in [6.45, 7) is 13.0. The van der Waals surface area contributed by atoms with Gasteiger partial charge in [0.1, 0.15) is 6.10 Å². The van der Waals surface area contributed by atoms with E-state index in [9.17, 15) is 0 Å². The fourth-order valence-electron chi connectivity index (χ4n) is 7.60. The number of nitrogens with zero attached hydrogens (tertiary/aromatic N) is 1. The molecule has 0 bridgehead atoms. The topological polar surface area (TPSA) is 21.7 Å². The number of rotatable bonds is 6. The molecule has 0 aromatic heterocycles. The number of fused-ring (bicyclic) bond motifs is 5. The Hall–Kier alpha value is -0.800. The van der Waals surface area contributed by atoms with Gasteiger partial charge in [-0.05, 0) is 95.6 Å². The maximum Gasteiger partial charge on any atom is 0.104 e. The van der Waals surface area contributed by atoms with Crippen LogP contribution in [0.15, 0.2) is 24.0 Å². The summed E-state index contributed by atoms with van der Waals surface area (Å²) in [5.74, 6) is 3.46. The Kier molecular flexibility index (Phi) is 7.14. The quantitative estimate of drug-likeness (QED) is 0.366. The minimum atomic E-state index is 0. The number of allylic oxidation sites excluding steroid dienone is 2. The first kappa shape index (κ1) is 23.9. The van der Waals surface area contributed by atoms with Crippen LogP contribution in [0.25, 0.3) is 0 Å². The van der Waals surface area contributed by atoms with Crippen molar-refractivity contribution in [3.63, 3.8) is 0 Å². The van der Waals surface area contributed by atoms with E-state index in [2.05, 4.69) is 45.5 Å². The van der Waals surface area contributed by atoms with Gasteiger partial charge in [-0.1, -0.05) is 39.5 Å². The Morgan fingerprint density at radius 1 is 1.10 bits per heavy atom. The van der Waals surface area contributed by atoms with Crippen LogP contribution in [-0.4, -0.2) is 44.4 Å². The van der Waals surface area contributed by atoms with Gasteiger partial charge in [-0.2, -0.15) is 0 Å². The highest BCUT2D eigenvalue weighted by Crippen LogP contribution is 2.65. The Morgan fingerprint density at radius 3 is 2.57 bits per heavy atom. The van der Waals surface area contributed by atoms with Gasteiger partial charge >= 0.3 is 0 Å². The molecule has 0 saturated heterocycles. The molecular weight excluding hydrogens is 370 g/mol. The molecule has 4 aliphatic carbocycles. The van der Waals surface area contributed by atoms with Crippen molar-refractivity contribution in [1.29, 1.82) is 0 Å². The smallest absolute Gasteiger partial charge is 0.104 e. The van der Waals surface area contributed by atoms with Crippen molar-refractivity contribution in [1.82, 2.24) is 4.90 Å². The predicted octanol–water partition coefficient (Wildman–Crippen LogP) is 6.45. The Labute approximate surface area is 186 Å². The lowest BCUT2D eigenvalue weighted by Gasteiger charge is -2.58. The molecule has 3 nitrogen and oxygen atoms in total. The monoisotopic (exact) mass is 417 g/mol. The molecule has 3 heteroatoms. The van der Waals surface area contributed by atoms with Gasteiger partial charge in [0.25, 0.3) is 0 Å². The first-order valence-corrected chi connectivity index (χ1v) is 12.0. The lowest BCUT2D eigenvalue weighted by Crippen LogP contribution is -2.51. The Morgan fingerprint density at radius 2 is 1.87 bits per heavy atom. The standard InChI is InChI=1S/C26H43NO2.CH4/c1-18(2)29-24-10-9-22-21-8-7-19-17-20(28-16-15-27(5)6)11-13-25(19,3)23(21)12-14-26(22,24)4;/h17,20-24H,1,7-16H2,2-6H3;1H4/t20-,21?,22?,23?,24-,25-,26-;/m0./s1. The summed E-state index contributed by atoms with van der Waals surface area (Å²) in [5.41, 5.74) is 2.47. The van der Waals surface area contributed by atoms with Crippen LogP contribution in [0.5, 0.6) is 0 Å². The molecule has 0 aromatic carbocycles. The van der Waals surface area contributed by atoms with E-state index in [4.69, 9.17) is 9.47 Å². The number of ether oxygens (including phenoxy) is 2. The molecule has 0 radical (unpaired) electrons. The van der Waals surface area contributed by atoms with Crippen LogP contribution in [0, 0.1) is 28.6 Å². The molecule has 30 heavy (non-hydrogen) atoms. The molecule has 0 heterocycles. The molecular formula is C27H47NO2. The molecule has 4 rings (SSSR count). The third-order valence-electron chi connectivity index (χ3n) is 9.20. The van der Waals surface area contributed by atoms with Crippen molar-refractivity contribution in [3.8, 4) is 0 Å². The number of likely N-dealkylation sites (N-methyl/N-ethyl adjacent to an activating group) is 1. The van der Waals surface area contributed by atoms with E-state index in [0.717, 1.165) is 36.7 Å². The molecule has 3 saturated carbocycles. The van der Waals surface area contributed by atoms with E-state index in [1.807, 2.05) is 6.92 Å². The molecule has 0 aliphatic heterocycles. The molecule has 7 atom stereocenters. The van der Waals surface area contributed by atoms with Gasteiger partial charge in [-0.15, -0.1) is 0 Å². The maximum absolute atomic E-state index is 6.24. The Bertz CT molecular complexity index is 655. The summed E-state index contributed by atoms with van der Waals surface area (Å²) in [6.07, 6.45) is 13.7. The van der Waals surface area contributed by atoms with Gasteiger partial charge in [0.2, 0.25) is 0 Å². The minimum Gasteiger partial charge on any atom is -0.495 e. The van der Waals surface area contributed by atoms with E-state index in [0.29, 0.717) is 23.0 Å². The average molecular weight is 418 g/mol. The molecule has 0 amide bonds. The van der Waals surface area contributed by atoms with Gasteiger partial charge < -0.3 is 14.4 Å². The van der Waals surface area contributed by atoms with Crippen molar-refractivity contribution in [2.24, 2.45) is 28.6 Å². The first-order valence-electron chi connectivity index (χ1n) is 12.0. The van der Waals surface area contributed by atoms with Crippen molar-refractivity contribution in [2.75, 3.05) is 27.2 Å². The first-order chi connectivity index (χ1) is 13.7. The third kappa shape index (κ3) is 4.13. The molecule has 4 aliphatic rings. The normalized spacial score (nSPS) is 42.5. The zero-order valence-electron chi connectivity index (χ0n) is 19.5. The zero-order chi connectivity index (χ0) is 20.8. The minimum absolute atomic E-state index is 0. The molecule has 3 fully saturated rings. The lowest BCUT2D eigenvalue weighted by atomic mass is 9.47. The van der Waals surface area contributed by atoms with Crippen molar-refractivity contribution >= 4 is 0 Å². The summed E-state index contributed by atoms with van der Waals surface area (Å²) in [6, 6.07) is 0. The average Bonchev–Trinajstić information content (AvgIpc) is 2.97. The van der Waals surface area contributed by atoms with Gasteiger partial charge in [0.15, 0.2) is 0 Å². The van der Waals surface area contributed by atoms with Crippen molar-refractivity contribution in [2.45, 2.75) is 91.8 Å². The fourth-order valence-corrected chi connectivity index (χ4v) is 7.60. The van der Waals surface area contributed by atoms with Crippen LogP contribution in [0.1, 0.15) is 79.6 Å². The maximum atomic E-state index is 6.24. The van der Waals surface area contributed by atoms with Gasteiger partial charge in [0, 0.05) is 12.0 Å². The van der Waals surface area contributed by atoms with Crippen LogP contribution in [-0.2, 0) is 9.47 Å². The van der Waals surface area contributed by atoms with Gasteiger partial charge in [-0.25, -0.2) is 0 Å². The molecule has 0 N–H and O–H groups in total. The second kappa shape index (κ2) is 8.98. The van der Waals surface area contributed by atoms with E-state index in [1.165, 1.54) is 51.4 Å². The molecule has 0 aromatic rings. The summed E-state index contributed by atoms with van der Waals surface area (Å²) in [5, 5.41) is 0. The SMILES string of the molecule is C.C=C(C)O[C@H]1CCC2C3CCC4=C[C@@H](OCCN(C)C)CC[C@]4(C)C3CC[C@@]21C. The summed E-state index contributed by atoms with van der Waals surface area (Å²) in [4.78, 5) is 2.21. The van der Waals surface area contributed by atoms with Crippen LogP contribution in [0.2, 0.25) is 0 Å². The van der Waals surface area contributed by atoms with Crippen LogP contribution < -0.4 is 0 Å². The lowest BCUT2D eigenvalue weighted by molar-refractivity contribution is -0.0846. The molecule has 172 valence electrons. The van der Waals surface area contributed by atoms with Crippen LogP contribution in [0.4, 0.5) is 0 Å². The van der Waals surface area contributed by atoms with Crippen molar-refractivity contribution < 1.29 is 9.47 Å². The highest BCUT2D eigenvalue weighted by atomic mass is 16.5. The van der Waals surface area contributed by atoms with E-state index >= 15 is 0 Å². The highest BCUT2D eigenvalue weighted by molar-refractivity contribution is 5.25. The van der Waals surface area contributed by atoms with Crippen LogP contribution >= 0.6 is 0 Å². The number of hydrogen-bond donors (Lipinski definition) is 0. The second-order valence-corrected chi connectivity index (χ2v) is 11.2. The Balaban J connectivity index is 0.00000256. The zero-order valence-corrected chi connectivity index (χ0v) is 19.5. The molecule has 0 spiro atoms. The summed E-state index contributed by atoms with van der Waals surface area (Å²) in [7, 11) is 4.24. The van der Waals surface area contributed by atoms with Gasteiger partial charge in [0.05, 0.1) is 18.5 Å². The molecule has 3 unspecified atom stereocenters. The second-order valence-electron chi connectivity index (χ2n) is 11.2. The summed E-state index contributed by atoms with van der Waals surface area (Å²) >= 11 is 0. The van der Waals surface area contributed by atoms with Crippen molar-refractivity contribution in [3.05, 3.63) is 24.0 Å². The summed E-state index contributed by atoms with van der Waals surface area (Å²) < 4.78 is 12.5.